The molecule has 0 bridgehead atoms. The van der Waals surface area contributed by atoms with Gasteiger partial charge in [-0.05, 0) is 45.1 Å². The fourth-order valence-electron chi connectivity index (χ4n) is 3.45. The number of hydrogen-bond acceptors (Lipinski definition) is 4. The highest BCUT2D eigenvalue weighted by Crippen LogP contribution is 2.36. The molecule has 1 rings (SSSR count). The molecule has 1 aliphatic heterocycles. The maximum atomic E-state index is 12.5. The van der Waals surface area contributed by atoms with E-state index in [-0.39, 0.29) is 17.9 Å². The second kappa shape index (κ2) is 11.1. The molecule has 0 aromatic heterocycles. The van der Waals surface area contributed by atoms with Crippen LogP contribution in [0.1, 0.15) is 59.3 Å². The number of likely N-dealkylation sites (N-methyl/N-ethyl adjacent to an activating group) is 1. The van der Waals surface area contributed by atoms with Crippen molar-refractivity contribution in [2.24, 2.45) is 11.3 Å². The molecule has 0 aromatic rings. The first-order valence-electron chi connectivity index (χ1n) is 9.74. The zero-order chi connectivity index (χ0) is 19.6. The summed E-state index contributed by atoms with van der Waals surface area (Å²) in [5, 5.41) is 8.71. The molecule has 0 aromatic carbocycles. The Morgan fingerprint density at radius 1 is 1.35 bits per heavy atom. The molecule has 1 heterocycles. The molecule has 2 amide bonds. The third-order valence-electron chi connectivity index (χ3n) is 4.98. The molecule has 148 valence electrons. The quantitative estimate of drug-likeness (QED) is 0.364. The Bertz CT molecular complexity index is 505. The summed E-state index contributed by atoms with van der Waals surface area (Å²) >= 11 is 0. The van der Waals surface area contributed by atoms with E-state index in [0.717, 1.165) is 19.1 Å². The van der Waals surface area contributed by atoms with Gasteiger partial charge in [-0.3, -0.25) is 9.59 Å². The van der Waals surface area contributed by atoms with E-state index >= 15 is 0 Å². The number of unbranched alkanes of at least 4 members (excludes halogenated alkanes) is 1. The molecule has 6 heteroatoms. The molecule has 0 aliphatic carbocycles. The number of aldehydes is 1. The van der Waals surface area contributed by atoms with Crippen molar-refractivity contribution in [1.82, 2.24) is 16.0 Å². The van der Waals surface area contributed by atoms with Gasteiger partial charge in [0.1, 0.15) is 6.29 Å². The number of amides is 2. The number of carbonyl (C=O) groups is 3. The molecule has 26 heavy (non-hydrogen) atoms. The lowest BCUT2D eigenvalue weighted by Crippen LogP contribution is -2.50. The predicted octanol–water partition coefficient (Wildman–Crippen LogP) is 1.95. The van der Waals surface area contributed by atoms with Gasteiger partial charge in [-0.1, -0.05) is 39.3 Å². The molecule has 3 N–H and O–H groups in total. The fourth-order valence-corrected chi connectivity index (χ4v) is 3.45. The molecule has 0 radical (unpaired) electrons. The second-order valence-electron chi connectivity index (χ2n) is 7.68. The summed E-state index contributed by atoms with van der Waals surface area (Å²) in [4.78, 5) is 36.5. The lowest BCUT2D eigenvalue weighted by Gasteiger charge is -2.29. The summed E-state index contributed by atoms with van der Waals surface area (Å²) in [6.07, 6.45) is 9.22. The van der Waals surface area contributed by atoms with Crippen LogP contribution < -0.4 is 16.0 Å². The summed E-state index contributed by atoms with van der Waals surface area (Å²) in [6, 6.07) is -0.996. The van der Waals surface area contributed by atoms with Crippen molar-refractivity contribution >= 4 is 18.1 Å². The van der Waals surface area contributed by atoms with E-state index in [1.165, 1.54) is 0 Å². The maximum absolute atomic E-state index is 12.5. The highest BCUT2D eigenvalue weighted by Gasteiger charge is 2.43. The van der Waals surface area contributed by atoms with Crippen molar-refractivity contribution in [2.75, 3.05) is 13.6 Å². The minimum Gasteiger partial charge on any atom is -0.356 e. The summed E-state index contributed by atoms with van der Waals surface area (Å²) in [7, 11) is 1.74. The minimum atomic E-state index is -0.658. The Labute approximate surface area is 157 Å². The van der Waals surface area contributed by atoms with Crippen LogP contribution in [0, 0.1) is 11.3 Å². The average Bonchev–Trinajstić information content (AvgIpc) is 2.96. The van der Waals surface area contributed by atoms with Crippen molar-refractivity contribution in [3.8, 4) is 0 Å². The Morgan fingerprint density at radius 2 is 2.08 bits per heavy atom. The largest absolute Gasteiger partial charge is 0.356 e. The van der Waals surface area contributed by atoms with Crippen LogP contribution in [0.15, 0.2) is 12.2 Å². The number of carbonyl (C=O) groups excluding carboxylic acids is 3. The van der Waals surface area contributed by atoms with Gasteiger partial charge in [0.05, 0.1) is 17.5 Å². The molecule has 1 fully saturated rings. The fraction of sp³-hybridized carbons (Fsp3) is 0.750. The monoisotopic (exact) mass is 365 g/mol. The van der Waals surface area contributed by atoms with Gasteiger partial charge in [-0.25, -0.2) is 0 Å². The third kappa shape index (κ3) is 6.56. The van der Waals surface area contributed by atoms with Crippen LogP contribution in [0.2, 0.25) is 0 Å². The SMILES string of the molecule is CCC/C=C/CC1(C[C@@H](C=O)NC(=O)[C@H](CC(C)C)NC)CCNC1=O. The molecular weight excluding hydrogens is 330 g/mol. The highest BCUT2D eigenvalue weighted by molar-refractivity contribution is 5.87. The summed E-state index contributed by atoms with van der Waals surface area (Å²) in [5.41, 5.74) is -0.615. The number of hydrogen-bond donors (Lipinski definition) is 3. The highest BCUT2D eigenvalue weighted by atomic mass is 16.2. The average molecular weight is 366 g/mol. The molecule has 1 aliphatic rings. The first-order chi connectivity index (χ1) is 12.4. The number of rotatable bonds is 12. The molecule has 0 spiro atoms. The van der Waals surface area contributed by atoms with Crippen molar-refractivity contribution in [1.29, 1.82) is 0 Å². The number of nitrogens with one attached hydrogen (secondary N) is 3. The van der Waals surface area contributed by atoms with Gasteiger partial charge in [0, 0.05) is 6.54 Å². The van der Waals surface area contributed by atoms with Crippen LogP contribution in [-0.4, -0.2) is 43.8 Å². The Kier molecular flexibility index (Phi) is 9.55. The van der Waals surface area contributed by atoms with Gasteiger partial charge in [-0.15, -0.1) is 0 Å². The summed E-state index contributed by atoms with van der Waals surface area (Å²) in [6.45, 7) is 6.83. The Hall–Kier alpha value is -1.69. The molecule has 1 unspecified atom stereocenters. The zero-order valence-corrected chi connectivity index (χ0v) is 16.6. The van der Waals surface area contributed by atoms with Crippen LogP contribution in [0.3, 0.4) is 0 Å². The van der Waals surface area contributed by atoms with Gasteiger partial charge in [0.25, 0.3) is 0 Å². The van der Waals surface area contributed by atoms with E-state index in [9.17, 15) is 14.4 Å². The van der Waals surface area contributed by atoms with Gasteiger partial charge < -0.3 is 20.7 Å². The van der Waals surface area contributed by atoms with E-state index < -0.39 is 11.5 Å². The molecule has 3 atom stereocenters. The number of allylic oxidation sites excluding steroid dienone is 2. The first kappa shape index (κ1) is 22.4. The van der Waals surface area contributed by atoms with Crippen LogP contribution in [-0.2, 0) is 14.4 Å². The first-order valence-corrected chi connectivity index (χ1v) is 9.74. The smallest absolute Gasteiger partial charge is 0.237 e. The Balaban J connectivity index is 2.79. The summed E-state index contributed by atoms with van der Waals surface area (Å²) in [5.74, 6) is 0.156. The maximum Gasteiger partial charge on any atom is 0.237 e. The van der Waals surface area contributed by atoms with E-state index in [2.05, 4.69) is 42.8 Å². The van der Waals surface area contributed by atoms with Gasteiger partial charge in [-0.2, -0.15) is 0 Å². The normalized spacial score (nSPS) is 22.4. The van der Waals surface area contributed by atoms with Crippen molar-refractivity contribution < 1.29 is 14.4 Å². The minimum absolute atomic E-state index is 0.0212. The molecular formula is C20H35N3O3. The lowest BCUT2D eigenvalue weighted by molar-refractivity contribution is -0.130. The molecule has 1 saturated heterocycles. The third-order valence-corrected chi connectivity index (χ3v) is 4.98. The molecule has 6 nitrogen and oxygen atoms in total. The summed E-state index contributed by atoms with van der Waals surface area (Å²) < 4.78 is 0. The van der Waals surface area contributed by atoms with Crippen molar-refractivity contribution in [2.45, 2.75) is 71.4 Å². The second-order valence-corrected chi connectivity index (χ2v) is 7.68. The van der Waals surface area contributed by atoms with Gasteiger partial charge >= 0.3 is 0 Å². The lowest BCUT2D eigenvalue weighted by atomic mass is 9.77. The topological polar surface area (TPSA) is 87.3 Å². The van der Waals surface area contributed by atoms with E-state index in [1.54, 1.807) is 7.05 Å². The molecule has 0 saturated carbocycles. The van der Waals surface area contributed by atoms with Gasteiger partial charge in [0.15, 0.2) is 0 Å². The van der Waals surface area contributed by atoms with E-state index in [0.29, 0.717) is 38.1 Å². The van der Waals surface area contributed by atoms with E-state index in [1.807, 2.05) is 6.08 Å². The standard InChI is InChI=1S/C20H35N3O3/c1-5-6-7-8-9-20(10-11-22-19(20)26)13-16(14-24)23-18(25)17(21-4)12-15(2)3/h7-8,14-17,21H,5-6,9-13H2,1-4H3,(H,22,26)(H,23,25)/b8-7+/t16-,17-,20?/m0/s1. The van der Waals surface area contributed by atoms with Gasteiger partial charge in [0.2, 0.25) is 11.8 Å². The van der Waals surface area contributed by atoms with Crippen LogP contribution in [0.5, 0.6) is 0 Å². The van der Waals surface area contributed by atoms with Crippen molar-refractivity contribution in [3.63, 3.8) is 0 Å². The zero-order valence-electron chi connectivity index (χ0n) is 16.6. The van der Waals surface area contributed by atoms with Crippen LogP contribution >= 0.6 is 0 Å². The van der Waals surface area contributed by atoms with Crippen LogP contribution in [0.25, 0.3) is 0 Å². The predicted molar refractivity (Wildman–Crippen MR) is 104 cm³/mol. The van der Waals surface area contributed by atoms with Crippen molar-refractivity contribution in [3.05, 3.63) is 12.2 Å². The van der Waals surface area contributed by atoms with Crippen LogP contribution in [0.4, 0.5) is 0 Å². The van der Waals surface area contributed by atoms with E-state index in [4.69, 9.17) is 0 Å². The Morgan fingerprint density at radius 3 is 2.58 bits per heavy atom.